The first-order valence-electron chi connectivity index (χ1n) is 12.0. The van der Waals surface area contributed by atoms with Gasteiger partial charge in [-0.3, -0.25) is 4.90 Å². The van der Waals surface area contributed by atoms with Crippen LogP contribution in [0.4, 0.5) is 31.0 Å². The summed E-state index contributed by atoms with van der Waals surface area (Å²) >= 11 is 0. The molecule has 1 aromatic heterocycles. The van der Waals surface area contributed by atoms with E-state index in [0.29, 0.717) is 30.3 Å². The highest BCUT2D eigenvalue weighted by atomic mass is 19.3. The number of anilines is 3. The van der Waals surface area contributed by atoms with Crippen LogP contribution >= 0.6 is 0 Å². The average molecular weight is 489 g/mol. The summed E-state index contributed by atoms with van der Waals surface area (Å²) in [5, 5.41) is 8.60. The lowest BCUT2D eigenvalue weighted by Gasteiger charge is -2.33. The summed E-state index contributed by atoms with van der Waals surface area (Å²) in [6.45, 7) is 6.26. The second kappa shape index (κ2) is 10.7. The van der Waals surface area contributed by atoms with Gasteiger partial charge in [-0.2, -0.15) is 4.98 Å². The van der Waals surface area contributed by atoms with Crippen LogP contribution in [0, 0.1) is 0 Å². The molecule has 35 heavy (non-hydrogen) atoms. The number of nitrogens with one attached hydrogen (secondary N) is 3. The largest absolute Gasteiger partial charge is 0.357 e. The van der Waals surface area contributed by atoms with Crippen LogP contribution in [0.15, 0.2) is 30.5 Å². The summed E-state index contributed by atoms with van der Waals surface area (Å²) < 4.78 is 28.9. The number of carbonyl (C=O) groups is 1. The fourth-order valence-electron chi connectivity index (χ4n) is 4.53. The molecule has 2 amide bonds. The zero-order valence-corrected chi connectivity index (χ0v) is 20.5. The van der Waals surface area contributed by atoms with Crippen LogP contribution in [0.5, 0.6) is 0 Å². The van der Waals surface area contributed by atoms with Gasteiger partial charge in [-0.1, -0.05) is 6.07 Å². The van der Waals surface area contributed by atoms with E-state index in [1.165, 1.54) is 6.07 Å². The maximum absolute atomic E-state index is 14.5. The number of urea groups is 1. The molecule has 4 rings (SSSR count). The van der Waals surface area contributed by atoms with Crippen LogP contribution in [0.2, 0.25) is 0 Å². The van der Waals surface area contributed by atoms with E-state index in [4.69, 9.17) is 0 Å². The van der Waals surface area contributed by atoms with Crippen molar-refractivity contribution < 1.29 is 13.6 Å². The van der Waals surface area contributed by atoms with Crippen LogP contribution < -0.4 is 20.9 Å². The molecule has 0 spiro atoms. The van der Waals surface area contributed by atoms with E-state index < -0.39 is 12.0 Å². The third-order valence-electron chi connectivity index (χ3n) is 6.54. The second-order valence-corrected chi connectivity index (χ2v) is 9.36. The molecule has 1 unspecified atom stereocenters. The van der Waals surface area contributed by atoms with Crippen molar-refractivity contribution in [2.75, 3.05) is 68.9 Å². The number of alkyl halides is 2. The molecule has 3 N–H and O–H groups in total. The molecule has 2 aromatic rings. The number of likely N-dealkylation sites (N-methyl/N-ethyl adjacent to an activating group) is 1. The number of rotatable bonds is 7. The lowest BCUT2D eigenvalue weighted by atomic mass is 10.0. The van der Waals surface area contributed by atoms with Crippen molar-refractivity contribution in [2.24, 2.45) is 0 Å². The van der Waals surface area contributed by atoms with E-state index >= 15 is 0 Å². The van der Waals surface area contributed by atoms with Gasteiger partial charge in [0.05, 0.1) is 0 Å². The fraction of sp³-hybridized carbons (Fsp3) is 0.542. The number of piperazine rings is 1. The lowest BCUT2D eigenvalue weighted by Crippen LogP contribution is -2.44. The third-order valence-corrected chi connectivity index (χ3v) is 6.54. The molecule has 11 heteroatoms. The minimum atomic E-state index is -3.01. The van der Waals surface area contributed by atoms with Crippen molar-refractivity contribution >= 4 is 23.5 Å². The molecule has 2 aliphatic heterocycles. The van der Waals surface area contributed by atoms with E-state index in [0.717, 1.165) is 51.9 Å². The fourth-order valence-corrected chi connectivity index (χ4v) is 4.53. The first kappa shape index (κ1) is 25.1. The zero-order valence-electron chi connectivity index (χ0n) is 20.5. The third kappa shape index (κ3) is 6.55. The standard InChI is InChI=1S/C24H34F2N8O/c1-24(25,26)20-14-18(5-4-17(20)15-33-12-10-32(3)11-13-33)29-23(35)30-19-7-9-34(16-19)21-6-8-28-22(27-2)31-21/h4-6,8,14,19H,7,9-13,15-16H2,1-3H3,(H,27,28,31)(H2,29,30,35). The average Bonchev–Trinajstić information content (AvgIpc) is 3.29. The van der Waals surface area contributed by atoms with E-state index in [1.807, 2.05) is 6.07 Å². The van der Waals surface area contributed by atoms with Crippen molar-refractivity contribution in [1.82, 2.24) is 25.1 Å². The topological polar surface area (TPSA) is 88.7 Å². The molecule has 2 saturated heterocycles. The van der Waals surface area contributed by atoms with Crippen LogP contribution in [0.1, 0.15) is 24.5 Å². The number of benzene rings is 1. The zero-order chi connectivity index (χ0) is 25.0. The van der Waals surface area contributed by atoms with Gasteiger partial charge >= 0.3 is 6.03 Å². The Hall–Kier alpha value is -3.05. The predicted molar refractivity (Wildman–Crippen MR) is 133 cm³/mol. The highest BCUT2D eigenvalue weighted by molar-refractivity contribution is 5.89. The molecule has 3 heterocycles. The van der Waals surface area contributed by atoms with Crippen LogP contribution in [-0.4, -0.2) is 85.2 Å². The number of hydrogen-bond acceptors (Lipinski definition) is 7. The lowest BCUT2D eigenvalue weighted by molar-refractivity contribution is 0.0155. The van der Waals surface area contributed by atoms with Gasteiger partial charge in [0.1, 0.15) is 5.82 Å². The molecule has 2 fully saturated rings. The van der Waals surface area contributed by atoms with Crippen LogP contribution in [0.25, 0.3) is 0 Å². The molecular weight excluding hydrogens is 454 g/mol. The van der Waals surface area contributed by atoms with Gasteiger partial charge in [-0.05, 0) is 37.2 Å². The van der Waals surface area contributed by atoms with Crippen molar-refractivity contribution in [3.63, 3.8) is 0 Å². The quantitative estimate of drug-likeness (QED) is 0.552. The Morgan fingerprint density at radius 2 is 1.94 bits per heavy atom. The van der Waals surface area contributed by atoms with Gasteiger partial charge < -0.3 is 25.8 Å². The van der Waals surface area contributed by atoms with Crippen LogP contribution in [0.3, 0.4) is 0 Å². The van der Waals surface area contributed by atoms with Crippen molar-refractivity contribution in [1.29, 1.82) is 0 Å². The van der Waals surface area contributed by atoms with Gasteiger partial charge in [0, 0.05) is 83.3 Å². The maximum atomic E-state index is 14.5. The summed E-state index contributed by atoms with van der Waals surface area (Å²) in [5.41, 5.74) is 0.890. The van der Waals surface area contributed by atoms with Gasteiger partial charge in [-0.15, -0.1) is 0 Å². The Kier molecular flexibility index (Phi) is 7.66. The molecular formula is C24H34F2N8O. The van der Waals surface area contributed by atoms with Crippen molar-refractivity contribution in [3.05, 3.63) is 41.6 Å². The smallest absolute Gasteiger partial charge is 0.319 e. The Morgan fingerprint density at radius 1 is 1.17 bits per heavy atom. The van der Waals surface area contributed by atoms with Gasteiger partial charge in [-0.25, -0.2) is 18.6 Å². The van der Waals surface area contributed by atoms with Crippen LogP contribution in [-0.2, 0) is 12.5 Å². The number of carbonyl (C=O) groups excluding carboxylic acids is 1. The molecule has 0 aliphatic carbocycles. The minimum Gasteiger partial charge on any atom is -0.357 e. The predicted octanol–water partition coefficient (Wildman–Crippen LogP) is 2.78. The Labute approximate surface area is 204 Å². The number of amides is 2. The molecule has 0 radical (unpaired) electrons. The molecule has 2 aliphatic rings. The number of nitrogens with zero attached hydrogens (tertiary/aromatic N) is 5. The summed E-state index contributed by atoms with van der Waals surface area (Å²) in [5.74, 6) is -1.68. The number of aromatic nitrogens is 2. The van der Waals surface area contributed by atoms with E-state index in [-0.39, 0.29) is 11.6 Å². The highest BCUT2D eigenvalue weighted by Gasteiger charge is 2.30. The minimum absolute atomic E-state index is 0.0506. The van der Waals surface area contributed by atoms with Crippen molar-refractivity contribution in [2.45, 2.75) is 31.9 Å². The molecule has 1 atom stereocenters. The summed E-state index contributed by atoms with van der Waals surface area (Å²) in [6.07, 6.45) is 2.45. The monoisotopic (exact) mass is 488 g/mol. The Balaban J connectivity index is 1.36. The number of halogens is 2. The molecule has 190 valence electrons. The van der Waals surface area contributed by atoms with Crippen molar-refractivity contribution in [3.8, 4) is 0 Å². The molecule has 1 aromatic carbocycles. The first-order chi connectivity index (χ1) is 16.7. The highest BCUT2D eigenvalue weighted by Crippen LogP contribution is 2.33. The summed E-state index contributed by atoms with van der Waals surface area (Å²) in [6, 6.07) is 6.14. The second-order valence-electron chi connectivity index (χ2n) is 9.36. The van der Waals surface area contributed by atoms with E-state index in [2.05, 4.69) is 47.7 Å². The molecule has 0 bridgehead atoms. The number of hydrogen-bond donors (Lipinski definition) is 3. The van der Waals surface area contributed by atoms with Gasteiger partial charge in [0.2, 0.25) is 5.95 Å². The maximum Gasteiger partial charge on any atom is 0.319 e. The SMILES string of the molecule is CNc1nccc(N2CCC(NC(=O)Nc3ccc(CN4CCN(C)CC4)c(C(C)(F)F)c3)C2)n1. The molecule has 9 nitrogen and oxygen atoms in total. The Bertz CT molecular complexity index is 1020. The Morgan fingerprint density at radius 3 is 2.66 bits per heavy atom. The van der Waals surface area contributed by atoms with E-state index in [1.54, 1.807) is 25.4 Å². The normalized spacial score (nSPS) is 19.6. The molecule has 0 saturated carbocycles. The van der Waals surface area contributed by atoms with E-state index in [9.17, 15) is 13.6 Å². The first-order valence-corrected chi connectivity index (χ1v) is 12.0. The van der Waals surface area contributed by atoms with Gasteiger partial charge in [0.15, 0.2) is 0 Å². The summed E-state index contributed by atoms with van der Waals surface area (Å²) in [4.78, 5) is 27.7. The van der Waals surface area contributed by atoms with Gasteiger partial charge in [0.25, 0.3) is 5.92 Å². The summed E-state index contributed by atoms with van der Waals surface area (Å²) in [7, 11) is 3.82.